The minimum atomic E-state index is -0.784. The minimum absolute atomic E-state index is 0.145. The van der Waals surface area contributed by atoms with Crippen LogP contribution in [0.2, 0.25) is 5.15 Å². The van der Waals surface area contributed by atoms with E-state index in [-0.39, 0.29) is 29.8 Å². The van der Waals surface area contributed by atoms with Gasteiger partial charge in [0.1, 0.15) is 11.0 Å². The Morgan fingerprint density at radius 2 is 1.85 bits per heavy atom. The first-order valence-corrected chi connectivity index (χ1v) is 6.24. The van der Waals surface area contributed by atoms with Crippen molar-refractivity contribution in [2.75, 3.05) is 18.5 Å². The van der Waals surface area contributed by atoms with Gasteiger partial charge >= 0.3 is 11.9 Å². The Kier molecular flexibility index (Phi) is 6.45. The van der Waals surface area contributed by atoms with E-state index >= 15 is 0 Å². The highest BCUT2D eigenvalue weighted by molar-refractivity contribution is 6.29. The maximum Gasteiger partial charge on any atom is 0.347 e. The molecule has 1 N–H and O–H groups in total. The molecule has 0 radical (unpaired) electrons. The fourth-order valence-electron chi connectivity index (χ4n) is 1.18. The lowest BCUT2D eigenvalue weighted by atomic mass is 10.3. The monoisotopic (exact) mass is 299 g/mol. The zero-order valence-electron chi connectivity index (χ0n) is 11.1. The minimum Gasteiger partial charge on any atom is -0.462 e. The fraction of sp³-hybridized carbons (Fsp3) is 0.333. The van der Waals surface area contributed by atoms with Gasteiger partial charge in [0.05, 0.1) is 25.6 Å². The number of ether oxygens (including phenoxy) is 2. The maximum atomic E-state index is 11.7. The number of nitrogens with one attached hydrogen (secondary N) is 1. The van der Waals surface area contributed by atoms with Crippen LogP contribution in [0.4, 0.5) is 5.82 Å². The molecule has 20 heavy (non-hydrogen) atoms. The van der Waals surface area contributed by atoms with E-state index in [1.54, 1.807) is 13.8 Å². The molecule has 0 atom stereocenters. The zero-order chi connectivity index (χ0) is 15.0. The Labute approximate surface area is 121 Å². The molecule has 0 fully saturated rings. The van der Waals surface area contributed by atoms with Crippen molar-refractivity contribution in [2.45, 2.75) is 13.8 Å². The molecule has 1 heterocycles. The number of hydrogen-bond donors (Lipinski definition) is 1. The summed E-state index contributed by atoms with van der Waals surface area (Å²) in [4.78, 5) is 31.0. The van der Waals surface area contributed by atoms with Crippen molar-refractivity contribution in [3.05, 3.63) is 29.3 Å². The molecule has 0 bridgehead atoms. The molecule has 0 amide bonds. The van der Waals surface area contributed by atoms with Crippen LogP contribution >= 0.6 is 11.6 Å². The second kappa shape index (κ2) is 8.11. The van der Waals surface area contributed by atoms with Crippen molar-refractivity contribution in [3.8, 4) is 0 Å². The van der Waals surface area contributed by atoms with Crippen LogP contribution in [0.3, 0.4) is 0 Å². The first-order valence-electron chi connectivity index (χ1n) is 5.87. The van der Waals surface area contributed by atoms with E-state index in [1.807, 2.05) is 0 Å². The number of carbonyl (C=O) groups is 2. The quantitative estimate of drug-likeness (QED) is 0.369. The van der Waals surface area contributed by atoms with Crippen LogP contribution in [0.1, 0.15) is 13.8 Å². The Morgan fingerprint density at radius 3 is 2.35 bits per heavy atom. The largest absolute Gasteiger partial charge is 0.462 e. The molecule has 7 nitrogen and oxygen atoms in total. The SMILES string of the molecule is CCOC(=O)C(=CNc1cncc(Cl)n1)C(=O)OCC. The Bertz CT molecular complexity index is 499. The lowest BCUT2D eigenvalue weighted by Gasteiger charge is -2.07. The summed E-state index contributed by atoms with van der Waals surface area (Å²) >= 11 is 5.67. The van der Waals surface area contributed by atoms with Crippen LogP contribution in [0.25, 0.3) is 0 Å². The third kappa shape index (κ3) is 4.85. The number of hydrogen-bond acceptors (Lipinski definition) is 7. The van der Waals surface area contributed by atoms with Crippen LogP contribution in [0.5, 0.6) is 0 Å². The van der Waals surface area contributed by atoms with E-state index in [2.05, 4.69) is 15.3 Å². The number of anilines is 1. The Hall–Kier alpha value is -2.15. The van der Waals surface area contributed by atoms with Gasteiger partial charge in [-0.2, -0.15) is 0 Å². The van der Waals surface area contributed by atoms with Crippen molar-refractivity contribution in [1.29, 1.82) is 0 Å². The summed E-state index contributed by atoms with van der Waals surface area (Å²) in [5.41, 5.74) is -0.268. The molecule has 1 aromatic heterocycles. The van der Waals surface area contributed by atoms with E-state index in [1.165, 1.54) is 12.4 Å². The second-order valence-electron chi connectivity index (χ2n) is 3.37. The number of nitrogens with zero attached hydrogens (tertiary/aromatic N) is 2. The van der Waals surface area contributed by atoms with Gasteiger partial charge in [-0.1, -0.05) is 11.6 Å². The molecule has 0 aromatic carbocycles. The number of halogens is 1. The molecule has 0 spiro atoms. The number of rotatable bonds is 6. The van der Waals surface area contributed by atoms with Gasteiger partial charge in [-0.15, -0.1) is 0 Å². The standard InChI is InChI=1S/C12H14ClN3O4/c1-3-19-11(17)8(12(18)20-4-2)5-15-10-7-14-6-9(13)16-10/h5-7H,3-4H2,1-2H3,(H,15,16). The summed E-state index contributed by atoms with van der Waals surface area (Å²) in [6.45, 7) is 3.56. The van der Waals surface area contributed by atoms with Gasteiger partial charge in [0.15, 0.2) is 5.57 Å². The number of carbonyl (C=O) groups excluding carboxylic acids is 2. The molecule has 0 aliphatic heterocycles. The van der Waals surface area contributed by atoms with Crippen LogP contribution in [0.15, 0.2) is 24.2 Å². The summed E-state index contributed by atoms with van der Waals surface area (Å²) in [6.07, 6.45) is 3.89. The molecule has 1 aromatic rings. The molecular weight excluding hydrogens is 286 g/mol. The van der Waals surface area contributed by atoms with Crippen molar-refractivity contribution in [3.63, 3.8) is 0 Å². The first-order chi connectivity index (χ1) is 9.58. The average Bonchev–Trinajstić information content (AvgIpc) is 2.39. The van der Waals surface area contributed by atoms with E-state index < -0.39 is 11.9 Å². The summed E-state index contributed by atoms with van der Waals surface area (Å²) < 4.78 is 9.55. The van der Waals surface area contributed by atoms with Gasteiger partial charge in [0, 0.05) is 6.20 Å². The lowest BCUT2D eigenvalue weighted by molar-refractivity contribution is -0.146. The zero-order valence-corrected chi connectivity index (χ0v) is 11.8. The molecule has 0 unspecified atom stereocenters. The molecular formula is C12H14ClN3O4. The highest BCUT2D eigenvalue weighted by Crippen LogP contribution is 2.08. The van der Waals surface area contributed by atoms with E-state index in [0.29, 0.717) is 0 Å². The average molecular weight is 300 g/mol. The van der Waals surface area contributed by atoms with Gasteiger partial charge in [0.2, 0.25) is 0 Å². The molecule has 0 aliphatic carbocycles. The maximum absolute atomic E-state index is 11.7. The van der Waals surface area contributed by atoms with Crippen LogP contribution in [-0.2, 0) is 19.1 Å². The van der Waals surface area contributed by atoms with Gasteiger partial charge < -0.3 is 14.8 Å². The summed E-state index contributed by atoms with van der Waals surface area (Å²) in [7, 11) is 0. The van der Waals surface area contributed by atoms with Gasteiger partial charge in [-0.05, 0) is 13.8 Å². The third-order valence-electron chi connectivity index (χ3n) is 1.96. The normalized spacial score (nSPS) is 9.55. The highest BCUT2D eigenvalue weighted by atomic mass is 35.5. The second-order valence-corrected chi connectivity index (χ2v) is 3.76. The molecule has 0 saturated heterocycles. The number of aromatic nitrogens is 2. The molecule has 0 saturated carbocycles. The summed E-state index contributed by atoms with van der Waals surface area (Å²) in [5, 5.41) is 2.82. The number of esters is 2. The van der Waals surface area contributed by atoms with E-state index in [0.717, 1.165) is 6.20 Å². The molecule has 8 heteroatoms. The molecule has 0 aliphatic rings. The van der Waals surface area contributed by atoms with Gasteiger partial charge in [-0.25, -0.2) is 14.6 Å². The van der Waals surface area contributed by atoms with Gasteiger partial charge in [0.25, 0.3) is 0 Å². The van der Waals surface area contributed by atoms with Crippen molar-refractivity contribution >= 4 is 29.4 Å². The predicted molar refractivity (Wildman–Crippen MR) is 72.0 cm³/mol. The van der Waals surface area contributed by atoms with Crippen LogP contribution in [-0.4, -0.2) is 35.1 Å². The van der Waals surface area contributed by atoms with Crippen molar-refractivity contribution in [1.82, 2.24) is 9.97 Å². The topological polar surface area (TPSA) is 90.4 Å². The van der Waals surface area contributed by atoms with Gasteiger partial charge in [-0.3, -0.25) is 4.98 Å². The molecule has 1 rings (SSSR count). The summed E-state index contributed by atoms with van der Waals surface area (Å²) in [6, 6.07) is 0. The smallest absolute Gasteiger partial charge is 0.347 e. The fourth-order valence-corrected chi connectivity index (χ4v) is 1.32. The predicted octanol–water partition coefficient (Wildman–Crippen LogP) is 1.55. The third-order valence-corrected chi connectivity index (χ3v) is 2.14. The Balaban J connectivity index is 2.89. The highest BCUT2D eigenvalue weighted by Gasteiger charge is 2.20. The van der Waals surface area contributed by atoms with Crippen LogP contribution < -0.4 is 5.32 Å². The molecule has 108 valence electrons. The van der Waals surface area contributed by atoms with E-state index in [4.69, 9.17) is 21.1 Å². The van der Waals surface area contributed by atoms with E-state index in [9.17, 15) is 9.59 Å². The van der Waals surface area contributed by atoms with Crippen molar-refractivity contribution < 1.29 is 19.1 Å². The van der Waals surface area contributed by atoms with Crippen LogP contribution in [0, 0.1) is 0 Å². The Morgan fingerprint density at radius 1 is 1.25 bits per heavy atom. The first kappa shape index (κ1) is 15.9. The lowest BCUT2D eigenvalue weighted by Crippen LogP contribution is -2.19. The van der Waals surface area contributed by atoms with Crippen molar-refractivity contribution in [2.24, 2.45) is 0 Å². The summed E-state index contributed by atoms with van der Waals surface area (Å²) in [5.74, 6) is -1.29.